The first kappa shape index (κ1) is 18.1. The summed E-state index contributed by atoms with van der Waals surface area (Å²) in [6.07, 6.45) is 6.10. The van der Waals surface area contributed by atoms with Crippen LogP contribution in [0.2, 0.25) is 0 Å². The summed E-state index contributed by atoms with van der Waals surface area (Å²) in [4.78, 5) is 22.9. The van der Waals surface area contributed by atoms with Crippen molar-refractivity contribution in [2.24, 2.45) is 0 Å². The Morgan fingerprint density at radius 3 is 2.78 bits per heavy atom. The monoisotopic (exact) mass is 320 g/mol. The van der Waals surface area contributed by atoms with Gasteiger partial charge in [-0.25, -0.2) is 4.79 Å². The second-order valence-corrected chi connectivity index (χ2v) is 4.46. The lowest BCUT2D eigenvalue weighted by Crippen LogP contribution is -2.27. The van der Waals surface area contributed by atoms with Crippen LogP contribution in [0.15, 0.2) is 54.7 Å². The summed E-state index contributed by atoms with van der Waals surface area (Å²) in [5, 5.41) is 10.7. The van der Waals surface area contributed by atoms with Gasteiger partial charge in [-0.2, -0.15) is 4.39 Å². The zero-order valence-corrected chi connectivity index (χ0v) is 12.9. The molecule has 122 valence electrons. The van der Waals surface area contributed by atoms with Gasteiger partial charge in [0.25, 0.3) is 0 Å². The SMILES string of the molecule is C=C/C=C\C(=C/C)COC(=O)N(C)c1ccc(F)c([N+](=O)[O-])c1. The molecule has 1 amide bonds. The summed E-state index contributed by atoms with van der Waals surface area (Å²) in [5.74, 6) is -0.966. The molecular weight excluding hydrogens is 303 g/mol. The van der Waals surface area contributed by atoms with Crippen LogP contribution >= 0.6 is 0 Å². The average molecular weight is 320 g/mol. The first-order chi connectivity index (χ1) is 10.9. The van der Waals surface area contributed by atoms with Gasteiger partial charge in [0.15, 0.2) is 0 Å². The number of nitro groups is 1. The van der Waals surface area contributed by atoms with E-state index in [9.17, 15) is 19.3 Å². The largest absolute Gasteiger partial charge is 0.444 e. The topological polar surface area (TPSA) is 72.7 Å². The van der Waals surface area contributed by atoms with Crippen LogP contribution in [0.5, 0.6) is 0 Å². The molecular formula is C16H17FN2O4. The van der Waals surface area contributed by atoms with Gasteiger partial charge in [-0.3, -0.25) is 15.0 Å². The molecule has 0 saturated heterocycles. The van der Waals surface area contributed by atoms with Gasteiger partial charge < -0.3 is 4.74 Å². The zero-order chi connectivity index (χ0) is 17.4. The van der Waals surface area contributed by atoms with Crippen LogP contribution in [0.3, 0.4) is 0 Å². The van der Waals surface area contributed by atoms with E-state index in [1.165, 1.54) is 13.1 Å². The molecule has 0 bridgehead atoms. The molecule has 0 N–H and O–H groups in total. The Labute approximate surface area is 133 Å². The summed E-state index contributed by atoms with van der Waals surface area (Å²) >= 11 is 0. The van der Waals surface area contributed by atoms with E-state index < -0.39 is 22.5 Å². The van der Waals surface area contributed by atoms with Gasteiger partial charge in [-0.05, 0) is 24.6 Å². The summed E-state index contributed by atoms with van der Waals surface area (Å²) in [5.41, 5.74) is 0.216. The Balaban J connectivity index is 2.81. The number of rotatable bonds is 6. The van der Waals surface area contributed by atoms with Gasteiger partial charge in [0.1, 0.15) is 6.61 Å². The number of hydrogen-bond donors (Lipinski definition) is 0. The van der Waals surface area contributed by atoms with Crippen LogP contribution in [0.4, 0.5) is 20.6 Å². The van der Waals surface area contributed by atoms with Gasteiger partial charge in [0, 0.05) is 13.1 Å². The summed E-state index contributed by atoms with van der Waals surface area (Å²) < 4.78 is 18.4. The number of carbonyl (C=O) groups excluding carboxylic acids is 1. The summed E-state index contributed by atoms with van der Waals surface area (Å²) in [6, 6.07) is 3.17. The molecule has 0 aliphatic rings. The maximum atomic E-state index is 13.3. The predicted octanol–water partition coefficient (Wildman–Crippen LogP) is 4.00. The Hall–Kier alpha value is -2.96. The van der Waals surface area contributed by atoms with Crippen LogP contribution < -0.4 is 4.90 Å². The van der Waals surface area contributed by atoms with Gasteiger partial charge in [-0.15, -0.1) is 0 Å². The molecule has 0 unspecified atom stereocenters. The van der Waals surface area contributed by atoms with Crippen LogP contribution in [0.25, 0.3) is 0 Å². The minimum atomic E-state index is -0.966. The number of nitrogens with zero attached hydrogens (tertiary/aromatic N) is 2. The van der Waals surface area contributed by atoms with Crippen molar-refractivity contribution >= 4 is 17.5 Å². The van der Waals surface area contributed by atoms with Crippen LogP contribution in [0.1, 0.15) is 6.92 Å². The number of nitro benzene ring substituents is 1. The lowest BCUT2D eigenvalue weighted by Gasteiger charge is -2.17. The minimum Gasteiger partial charge on any atom is -0.444 e. The third-order valence-corrected chi connectivity index (χ3v) is 2.97. The first-order valence-corrected chi connectivity index (χ1v) is 6.69. The number of carbonyl (C=O) groups is 1. The number of ether oxygens (including phenoxy) is 1. The molecule has 1 aromatic rings. The number of benzene rings is 1. The molecule has 23 heavy (non-hydrogen) atoms. The fraction of sp³-hybridized carbons (Fsp3) is 0.188. The van der Waals surface area contributed by atoms with Crippen molar-refractivity contribution in [3.05, 3.63) is 70.6 Å². The highest BCUT2D eigenvalue weighted by Gasteiger charge is 2.19. The molecule has 0 heterocycles. The highest BCUT2D eigenvalue weighted by atomic mass is 19.1. The van der Waals surface area contributed by atoms with Crippen molar-refractivity contribution in [2.75, 3.05) is 18.6 Å². The lowest BCUT2D eigenvalue weighted by molar-refractivity contribution is -0.387. The van der Waals surface area contributed by atoms with Crippen molar-refractivity contribution in [1.82, 2.24) is 0 Å². The first-order valence-electron chi connectivity index (χ1n) is 6.69. The standard InChI is InChI=1S/C16H17FN2O4/c1-4-6-7-12(5-2)11-23-16(20)18(3)13-8-9-14(17)15(10-13)19(21)22/h4-10H,1,11H2,2-3H3/b7-6-,12-5+. The quantitative estimate of drug-likeness (QED) is 0.451. The van der Waals surface area contributed by atoms with Gasteiger partial charge >= 0.3 is 11.8 Å². The number of anilines is 1. The Morgan fingerprint density at radius 1 is 1.52 bits per heavy atom. The third-order valence-electron chi connectivity index (χ3n) is 2.97. The predicted molar refractivity (Wildman–Crippen MR) is 85.9 cm³/mol. The molecule has 7 heteroatoms. The summed E-state index contributed by atoms with van der Waals surface area (Å²) in [6.45, 7) is 5.37. The molecule has 0 aliphatic heterocycles. The molecule has 0 fully saturated rings. The van der Waals surface area contributed by atoms with Crippen LogP contribution in [0, 0.1) is 15.9 Å². The molecule has 0 spiro atoms. The van der Waals surface area contributed by atoms with Crippen molar-refractivity contribution in [1.29, 1.82) is 0 Å². The van der Waals surface area contributed by atoms with E-state index in [0.717, 1.165) is 22.6 Å². The molecule has 6 nitrogen and oxygen atoms in total. The van der Waals surface area contributed by atoms with Crippen molar-refractivity contribution in [2.45, 2.75) is 6.92 Å². The third kappa shape index (κ3) is 5.06. The lowest BCUT2D eigenvalue weighted by atomic mass is 10.2. The van der Waals surface area contributed by atoms with Crippen molar-refractivity contribution in [3.8, 4) is 0 Å². The molecule has 1 rings (SSSR count). The second kappa shape index (κ2) is 8.47. The second-order valence-electron chi connectivity index (χ2n) is 4.46. The molecule has 0 aliphatic carbocycles. The van der Waals surface area contributed by atoms with Gasteiger partial charge in [0.2, 0.25) is 5.82 Å². The van der Waals surface area contributed by atoms with Gasteiger partial charge in [-0.1, -0.05) is 30.9 Å². The fourth-order valence-electron chi connectivity index (χ4n) is 1.62. The maximum absolute atomic E-state index is 13.3. The number of amides is 1. The molecule has 0 atom stereocenters. The minimum absolute atomic E-state index is 0.0350. The van der Waals surface area contributed by atoms with Crippen LogP contribution in [-0.4, -0.2) is 24.7 Å². The summed E-state index contributed by atoms with van der Waals surface area (Å²) in [7, 11) is 1.38. The smallest absolute Gasteiger partial charge is 0.414 e. The van der Waals surface area contributed by atoms with E-state index in [1.807, 2.05) is 0 Å². The normalized spacial score (nSPS) is 11.3. The number of hydrogen-bond acceptors (Lipinski definition) is 4. The van der Waals surface area contributed by atoms with E-state index in [1.54, 1.807) is 31.2 Å². The fourth-order valence-corrected chi connectivity index (χ4v) is 1.62. The van der Waals surface area contributed by atoms with E-state index in [2.05, 4.69) is 6.58 Å². The Bertz CT molecular complexity index is 668. The van der Waals surface area contributed by atoms with Gasteiger partial charge in [0.05, 0.1) is 10.6 Å². The van der Waals surface area contributed by atoms with E-state index in [4.69, 9.17) is 4.74 Å². The highest BCUT2D eigenvalue weighted by molar-refractivity contribution is 5.87. The van der Waals surface area contributed by atoms with E-state index in [-0.39, 0.29) is 12.3 Å². The van der Waals surface area contributed by atoms with Crippen molar-refractivity contribution in [3.63, 3.8) is 0 Å². The van der Waals surface area contributed by atoms with Crippen molar-refractivity contribution < 1.29 is 18.8 Å². The average Bonchev–Trinajstić information content (AvgIpc) is 2.54. The molecule has 0 saturated carbocycles. The maximum Gasteiger partial charge on any atom is 0.414 e. The molecule has 0 radical (unpaired) electrons. The highest BCUT2D eigenvalue weighted by Crippen LogP contribution is 2.24. The zero-order valence-electron chi connectivity index (χ0n) is 12.9. The Morgan fingerprint density at radius 2 is 2.22 bits per heavy atom. The van der Waals surface area contributed by atoms with E-state index >= 15 is 0 Å². The molecule has 1 aromatic carbocycles. The molecule has 0 aromatic heterocycles. The Kier molecular flexibility index (Phi) is 6.67. The van der Waals surface area contributed by atoms with Crippen LogP contribution in [-0.2, 0) is 4.74 Å². The number of allylic oxidation sites excluding steroid dienone is 3. The van der Waals surface area contributed by atoms with E-state index in [0.29, 0.717) is 0 Å². The number of halogens is 1.